The molecular weight excluding hydrogens is 420 g/mol. The Labute approximate surface area is 194 Å². The van der Waals surface area contributed by atoms with Gasteiger partial charge in [-0.1, -0.05) is 25.1 Å². The second-order valence-electron chi connectivity index (χ2n) is 10.7. The molecule has 3 aliphatic rings. The number of carbonyl (C=O) groups is 2. The van der Waals surface area contributed by atoms with Gasteiger partial charge in [-0.2, -0.15) is 0 Å². The van der Waals surface area contributed by atoms with Crippen LogP contribution in [0.4, 0.5) is 0 Å². The Hall–Kier alpha value is -2.60. The molecule has 33 heavy (non-hydrogen) atoms. The second-order valence-corrected chi connectivity index (χ2v) is 10.7. The van der Waals surface area contributed by atoms with Gasteiger partial charge in [-0.05, 0) is 76.5 Å². The fourth-order valence-electron chi connectivity index (χ4n) is 6.63. The predicted octanol–water partition coefficient (Wildman–Crippen LogP) is 5.42. The van der Waals surface area contributed by atoms with Crippen molar-refractivity contribution in [2.45, 2.75) is 76.8 Å². The van der Waals surface area contributed by atoms with Crippen LogP contribution in [0.1, 0.15) is 74.1 Å². The van der Waals surface area contributed by atoms with E-state index in [-0.39, 0.29) is 23.4 Å². The Morgan fingerprint density at radius 2 is 1.64 bits per heavy atom. The SMILES string of the molecule is CC1CCC(OC(=O)c2ccoc2)C2(C)C(OC(=O)c3ccccc3)CC3CC12OC3(C)C. The van der Waals surface area contributed by atoms with E-state index in [9.17, 15) is 9.59 Å². The zero-order chi connectivity index (χ0) is 23.4. The molecule has 2 saturated carbocycles. The molecule has 6 unspecified atom stereocenters. The molecule has 176 valence electrons. The number of carbonyl (C=O) groups excluding carboxylic acids is 2. The summed E-state index contributed by atoms with van der Waals surface area (Å²) in [5.41, 5.74) is -0.672. The first-order valence-electron chi connectivity index (χ1n) is 11.9. The standard InChI is InChI=1S/C27H32O6/c1-17-10-11-21(31-24(29)19-12-13-30-16-19)26(4)22(32-23(28)18-8-6-5-7-9-18)14-20-15-27(17,26)33-25(20,2)3/h5-9,12-13,16-17,20-22H,10-11,14-15H2,1-4H3. The molecule has 1 saturated heterocycles. The van der Waals surface area contributed by atoms with Crippen LogP contribution in [0, 0.1) is 17.3 Å². The summed E-state index contributed by atoms with van der Waals surface area (Å²) in [6, 6.07) is 10.7. The summed E-state index contributed by atoms with van der Waals surface area (Å²) in [5.74, 6) is -0.278. The summed E-state index contributed by atoms with van der Waals surface area (Å²) in [6.45, 7) is 8.56. The third-order valence-corrected chi connectivity index (χ3v) is 8.65. The van der Waals surface area contributed by atoms with Crippen molar-refractivity contribution < 1.29 is 28.2 Å². The van der Waals surface area contributed by atoms with E-state index in [1.165, 1.54) is 12.5 Å². The van der Waals surface area contributed by atoms with E-state index in [4.69, 9.17) is 18.6 Å². The quantitative estimate of drug-likeness (QED) is 0.576. The van der Waals surface area contributed by atoms with Crippen LogP contribution in [0.25, 0.3) is 0 Å². The summed E-state index contributed by atoms with van der Waals surface area (Å²) in [5, 5.41) is 0. The van der Waals surface area contributed by atoms with Gasteiger partial charge in [0.15, 0.2) is 0 Å². The van der Waals surface area contributed by atoms with Crippen molar-refractivity contribution in [2.24, 2.45) is 17.3 Å². The highest BCUT2D eigenvalue weighted by molar-refractivity contribution is 5.90. The number of hydrogen-bond acceptors (Lipinski definition) is 6. The summed E-state index contributed by atoms with van der Waals surface area (Å²) in [4.78, 5) is 26.1. The Kier molecular flexibility index (Phi) is 5.20. The summed E-state index contributed by atoms with van der Waals surface area (Å²) >= 11 is 0. The highest BCUT2D eigenvalue weighted by Gasteiger charge is 2.73. The lowest BCUT2D eigenvalue weighted by Crippen LogP contribution is -2.67. The van der Waals surface area contributed by atoms with Crippen molar-refractivity contribution in [1.82, 2.24) is 0 Å². The monoisotopic (exact) mass is 452 g/mol. The van der Waals surface area contributed by atoms with Crippen molar-refractivity contribution in [2.75, 3.05) is 0 Å². The summed E-state index contributed by atoms with van der Waals surface area (Å²) < 4.78 is 24.3. The summed E-state index contributed by atoms with van der Waals surface area (Å²) in [6.07, 6.45) is 5.09. The molecule has 1 aliphatic heterocycles. The van der Waals surface area contributed by atoms with E-state index >= 15 is 0 Å². The minimum absolute atomic E-state index is 0.244. The van der Waals surface area contributed by atoms with E-state index in [1.54, 1.807) is 18.2 Å². The number of hydrogen-bond donors (Lipinski definition) is 0. The molecule has 1 spiro atoms. The molecule has 0 radical (unpaired) electrons. The van der Waals surface area contributed by atoms with Crippen LogP contribution in [0.5, 0.6) is 0 Å². The Morgan fingerprint density at radius 1 is 0.939 bits per heavy atom. The van der Waals surface area contributed by atoms with Crippen molar-refractivity contribution in [3.8, 4) is 0 Å². The summed E-state index contributed by atoms with van der Waals surface area (Å²) in [7, 11) is 0. The molecule has 1 aromatic carbocycles. The topological polar surface area (TPSA) is 75.0 Å². The van der Waals surface area contributed by atoms with Crippen LogP contribution in [0.2, 0.25) is 0 Å². The van der Waals surface area contributed by atoms with E-state index in [2.05, 4.69) is 27.7 Å². The van der Waals surface area contributed by atoms with Gasteiger partial charge in [-0.3, -0.25) is 0 Å². The first-order chi connectivity index (χ1) is 15.7. The maximum absolute atomic E-state index is 13.1. The first-order valence-corrected chi connectivity index (χ1v) is 11.9. The molecule has 6 nitrogen and oxygen atoms in total. The largest absolute Gasteiger partial charge is 0.472 e. The lowest BCUT2D eigenvalue weighted by Gasteiger charge is -2.60. The van der Waals surface area contributed by atoms with Crippen LogP contribution in [-0.2, 0) is 14.2 Å². The maximum Gasteiger partial charge on any atom is 0.341 e. The molecule has 2 aliphatic carbocycles. The van der Waals surface area contributed by atoms with Gasteiger partial charge in [-0.15, -0.1) is 0 Å². The lowest BCUT2D eigenvalue weighted by atomic mass is 9.50. The number of furan rings is 1. The Morgan fingerprint density at radius 3 is 2.33 bits per heavy atom. The molecule has 2 aromatic rings. The smallest absolute Gasteiger partial charge is 0.341 e. The first kappa shape index (κ1) is 22.2. The van der Waals surface area contributed by atoms with Crippen LogP contribution in [-0.4, -0.2) is 35.3 Å². The second kappa shape index (κ2) is 7.73. The number of esters is 2. The number of rotatable bonds is 4. The van der Waals surface area contributed by atoms with Crippen molar-refractivity contribution >= 4 is 11.9 Å². The van der Waals surface area contributed by atoms with Gasteiger partial charge in [0.1, 0.15) is 18.5 Å². The van der Waals surface area contributed by atoms with Gasteiger partial charge in [0.05, 0.1) is 34.0 Å². The van der Waals surface area contributed by atoms with Crippen LogP contribution in [0.15, 0.2) is 53.3 Å². The van der Waals surface area contributed by atoms with Crippen molar-refractivity contribution in [1.29, 1.82) is 0 Å². The van der Waals surface area contributed by atoms with Crippen molar-refractivity contribution in [3.05, 3.63) is 60.1 Å². The fraction of sp³-hybridized carbons (Fsp3) is 0.556. The zero-order valence-corrected chi connectivity index (χ0v) is 19.7. The van der Waals surface area contributed by atoms with E-state index in [0.29, 0.717) is 24.0 Å². The van der Waals surface area contributed by atoms with Crippen LogP contribution < -0.4 is 0 Å². The maximum atomic E-state index is 13.1. The Bertz CT molecular complexity index is 1030. The van der Waals surface area contributed by atoms with Crippen LogP contribution >= 0.6 is 0 Å². The molecule has 6 atom stereocenters. The molecule has 5 rings (SSSR count). The molecule has 0 amide bonds. The minimum Gasteiger partial charge on any atom is -0.472 e. The molecule has 1 aromatic heterocycles. The minimum atomic E-state index is -0.682. The normalized spacial score (nSPS) is 36.6. The van der Waals surface area contributed by atoms with Gasteiger partial charge in [0.2, 0.25) is 0 Å². The average Bonchev–Trinajstić information content (AvgIpc) is 3.40. The van der Waals surface area contributed by atoms with Gasteiger partial charge < -0.3 is 18.6 Å². The molecular formula is C27H32O6. The van der Waals surface area contributed by atoms with Crippen LogP contribution in [0.3, 0.4) is 0 Å². The third kappa shape index (κ3) is 3.33. The zero-order valence-electron chi connectivity index (χ0n) is 19.7. The van der Waals surface area contributed by atoms with E-state index in [1.807, 2.05) is 18.2 Å². The highest BCUT2D eigenvalue weighted by atomic mass is 16.6. The molecule has 2 bridgehead atoms. The van der Waals surface area contributed by atoms with Gasteiger partial charge >= 0.3 is 11.9 Å². The average molecular weight is 453 g/mol. The molecule has 6 heteroatoms. The van der Waals surface area contributed by atoms with Gasteiger partial charge in [0.25, 0.3) is 0 Å². The predicted molar refractivity (Wildman–Crippen MR) is 121 cm³/mol. The fourth-order valence-corrected chi connectivity index (χ4v) is 6.63. The molecule has 3 fully saturated rings. The number of ether oxygens (including phenoxy) is 3. The lowest BCUT2D eigenvalue weighted by molar-refractivity contribution is -0.253. The highest BCUT2D eigenvalue weighted by Crippen LogP contribution is 2.66. The number of fused-ring (bicyclic) bond motifs is 1. The van der Waals surface area contributed by atoms with Gasteiger partial charge in [0, 0.05) is 0 Å². The van der Waals surface area contributed by atoms with E-state index < -0.39 is 29.2 Å². The third-order valence-electron chi connectivity index (χ3n) is 8.65. The number of benzene rings is 1. The Balaban J connectivity index is 1.53. The molecule has 2 heterocycles. The van der Waals surface area contributed by atoms with Crippen molar-refractivity contribution in [3.63, 3.8) is 0 Å². The molecule has 0 N–H and O–H groups in total. The van der Waals surface area contributed by atoms with E-state index in [0.717, 1.165) is 12.8 Å². The van der Waals surface area contributed by atoms with Gasteiger partial charge in [-0.25, -0.2) is 9.59 Å².